The maximum absolute atomic E-state index is 13.9. The standard InChI is InChI=1S/C27H32N2O5/c1-5-16-27(26(32)34-7-3)22-21(23(28-27)20-11-9-8-10-17(20)4)24(30)29(25(22)31)18-12-14-19(15-13-18)33-6-2/h8-15,21-23,28H,5-7,16H2,1-4H3/t21-,22+,23-,27+/m0/s1. The minimum Gasteiger partial charge on any atom is -0.494 e. The number of carbonyl (C=O) groups is 3. The first-order valence-corrected chi connectivity index (χ1v) is 12.0. The van der Waals surface area contributed by atoms with Crippen LogP contribution in [0.4, 0.5) is 5.69 Å². The van der Waals surface area contributed by atoms with Crippen LogP contribution in [-0.4, -0.2) is 36.5 Å². The Balaban J connectivity index is 1.83. The van der Waals surface area contributed by atoms with E-state index in [2.05, 4.69) is 5.32 Å². The Morgan fingerprint density at radius 1 is 1.00 bits per heavy atom. The van der Waals surface area contributed by atoms with Gasteiger partial charge in [0.25, 0.3) is 0 Å². The maximum atomic E-state index is 13.9. The van der Waals surface area contributed by atoms with E-state index in [1.807, 2.05) is 45.0 Å². The van der Waals surface area contributed by atoms with Gasteiger partial charge in [0.2, 0.25) is 11.8 Å². The van der Waals surface area contributed by atoms with E-state index in [1.165, 1.54) is 4.90 Å². The predicted molar refractivity (Wildman–Crippen MR) is 128 cm³/mol. The summed E-state index contributed by atoms with van der Waals surface area (Å²) in [5.41, 5.74) is 1.12. The van der Waals surface area contributed by atoms with E-state index in [0.29, 0.717) is 30.9 Å². The summed E-state index contributed by atoms with van der Waals surface area (Å²) in [5, 5.41) is 3.44. The Hall–Kier alpha value is -3.19. The minimum absolute atomic E-state index is 0.198. The fourth-order valence-electron chi connectivity index (χ4n) is 5.49. The molecule has 0 saturated carbocycles. The third-order valence-corrected chi connectivity index (χ3v) is 6.87. The summed E-state index contributed by atoms with van der Waals surface area (Å²) < 4.78 is 11.0. The van der Waals surface area contributed by atoms with Gasteiger partial charge in [0.15, 0.2) is 0 Å². The lowest BCUT2D eigenvalue weighted by atomic mass is 9.76. The molecule has 4 atom stereocenters. The number of hydrogen-bond donors (Lipinski definition) is 1. The number of imide groups is 1. The smallest absolute Gasteiger partial charge is 0.327 e. The molecular formula is C27H32N2O5. The lowest BCUT2D eigenvalue weighted by Gasteiger charge is -2.32. The molecule has 2 aliphatic rings. The minimum atomic E-state index is -1.27. The van der Waals surface area contributed by atoms with Gasteiger partial charge in [0.1, 0.15) is 11.3 Å². The third-order valence-electron chi connectivity index (χ3n) is 6.87. The summed E-state index contributed by atoms with van der Waals surface area (Å²) >= 11 is 0. The Labute approximate surface area is 200 Å². The van der Waals surface area contributed by atoms with Crippen molar-refractivity contribution < 1.29 is 23.9 Å². The Morgan fingerprint density at radius 3 is 2.32 bits per heavy atom. The molecule has 0 radical (unpaired) electrons. The molecule has 0 bridgehead atoms. The second-order valence-corrected chi connectivity index (χ2v) is 8.86. The molecule has 180 valence electrons. The van der Waals surface area contributed by atoms with Crippen molar-refractivity contribution >= 4 is 23.5 Å². The van der Waals surface area contributed by atoms with Crippen molar-refractivity contribution in [3.63, 3.8) is 0 Å². The predicted octanol–water partition coefficient (Wildman–Crippen LogP) is 3.95. The van der Waals surface area contributed by atoms with Crippen LogP contribution in [-0.2, 0) is 19.1 Å². The van der Waals surface area contributed by atoms with Crippen LogP contribution in [0.1, 0.15) is 50.8 Å². The van der Waals surface area contributed by atoms with Crippen LogP contribution in [0.5, 0.6) is 5.75 Å². The molecule has 4 rings (SSSR count). The molecule has 2 aliphatic heterocycles. The molecule has 2 aromatic carbocycles. The van der Waals surface area contributed by atoms with Crippen molar-refractivity contribution in [3.05, 3.63) is 59.7 Å². The number of nitrogens with zero attached hydrogens (tertiary/aromatic N) is 1. The fourth-order valence-corrected chi connectivity index (χ4v) is 5.49. The average molecular weight is 465 g/mol. The van der Waals surface area contributed by atoms with E-state index in [4.69, 9.17) is 9.47 Å². The van der Waals surface area contributed by atoms with Crippen LogP contribution in [0.15, 0.2) is 48.5 Å². The third kappa shape index (κ3) is 3.78. The number of benzene rings is 2. The highest BCUT2D eigenvalue weighted by molar-refractivity contribution is 6.24. The second-order valence-electron chi connectivity index (χ2n) is 8.86. The average Bonchev–Trinajstić information content (AvgIpc) is 3.30. The van der Waals surface area contributed by atoms with Gasteiger partial charge in [0, 0.05) is 6.04 Å². The molecule has 0 aromatic heterocycles. The monoisotopic (exact) mass is 464 g/mol. The summed E-state index contributed by atoms with van der Waals surface area (Å²) in [4.78, 5) is 42.4. The van der Waals surface area contributed by atoms with Gasteiger partial charge in [-0.2, -0.15) is 0 Å². The summed E-state index contributed by atoms with van der Waals surface area (Å²) in [6.45, 7) is 8.30. The van der Waals surface area contributed by atoms with Crippen LogP contribution < -0.4 is 15.0 Å². The first-order valence-electron chi connectivity index (χ1n) is 12.0. The number of hydrogen-bond acceptors (Lipinski definition) is 6. The number of fused-ring (bicyclic) bond motifs is 1. The molecule has 0 unspecified atom stereocenters. The van der Waals surface area contributed by atoms with Gasteiger partial charge in [-0.1, -0.05) is 37.6 Å². The molecule has 2 saturated heterocycles. The number of nitrogens with one attached hydrogen (secondary N) is 1. The Kier molecular flexibility index (Phi) is 6.75. The molecule has 0 aliphatic carbocycles. The molecule has 1 N–H and O–H groups in total. The number of aryl methyl sites for hydroxylation is 1. The number of anilines is 1. The van der Waals surface area contributed by atoms with E-state index in [0.717, 1.165) is 11.1 Å². The van der Waals surface area contributed by atoms with Gasteiger partial charge in [-0.05, 0) is 62.6 Å². The van der Waals surface area contributed by atoms with Crippen LogP contribution in [0, 0.1) is 18.8 Å². The number of ether oxygens (including phenoxy) is 2. The molecular weight excluding hydrogens is 432 g/mol. The van der Waals surface area contributed by atoms with Gasteiger partial charge in [-0.15, -0.1) is 0 Å². The first-order chi connectivity index (χ1) is 16.4. The number of amides is 2. The van der Waals surface area contributed by atoms with Gasteiger partial charge < -0.3 is 9.47 Å². The molecule has 2 heterocycles. The van der Waals surface area contributed by atoms with Crippen molar-refractivity contribution in [3.8, 4) is 5.75 Å². The fraction of sp³-hybridized carbons (Fsp3) is 0.444. The number of rotatable bonds is 8. The van der Waals surface area contributed by atoms with E-state index in [-0.39, 0.29) is 18.4 Å². The van der Waals surface area contributed by atoms with Crippen molar-refractivity contribution in [1.82, 2.24) is 5.32 Å². The SMILES string of the molecule is CCC[C@@]1(C(=O)OCC)N[C@@H](c2ccccc2C)[C@H]2C(=O)N(c3ccc(OCC)cc3)C(=O)[C@@H]21. The van der Waals surface area contributed by atoms with Gasteiger partial charge >= 0.3 is 5.97 Å². The van der Waals surface area contributed by atoms with Crippen molar-refractivity contribution in [2.75, 3.05) is 18.1 Å². The second kappa shape index (κ2) is 9.58. The van der Waals surface area contributed by atoms with Crippen molar-refractivity contribution in [1.29, 1.82) is 0 Å². The molecule has 7 nitrogen and oxygen atoms in total. The Bertz CT molecular complexity index is 1080. The lowest BCUT2D eigenvalue weighted by molar-refractivity contribution is -0.155. The molecule has 0 spiro atoms. The van der Waals surface area contributed by atoms with E-state index in [1.54, 1.807) is 31.2 Å². The molecule has 2 fully saturated rings. The molecule has 7 heteroatoms. The van der Waals surface area contributed by atoms with Crippen LogP contribution in [0.25, 0.3) is 0 Å². The summed E-state index contributed by atoms with van der Waals surface area (Å²) in [5.74, 6) is -2.05. The lowest BCUT2D eigenvalue weighted by Crippen LogP contribution is -2.56. The van der Waals surface area contributed by atoms with Crippen LogP contribution in [0.2, 0.25) is 0 Å². The zero-order chi connectivity index (χ0) is 24.5. The van der Waals surface area contributed by atoms with Crippen LogP contribution in [0.3, 0.4) is 0 Å². The van der Waals surface area contributed by atoms with E-state index >= 15 is 0 Å². The normalized spacial score (nSPS) is 26.0. The van der Waals surface area contributed by atoms with Crippen molar-refractivity contribution in [2.45, 2.75) is 52.1 Å². The highest BCUT2D eigenvalue weighted by atomic mass is 16.5. The highest BCUT2D eigenvalue weighted by Gasteiger charge is 2.68. The maximum Gasteiger partial charge on any atom is 0.327 e. The largest absolute Gasteiger partial charge is 0.494 e. The summed E-state index contributed by atoms with van der Waals surface area (Å²) in [6, 6.07) is 14.2. The molecule has 2 amide bonds. The van der Waals surface area contributed by atoms with Gasteiger partial charge in [-0.3, -0.25) is 19.7 Å². The van der Waals surface area contributed by atoms with E-state index in [9.17, 15) is 14.4 Å². The number of esters is 1. The topological polar surface area (TPSA) is 84.9 Å². The van der Waals surface area contributed by atoms with Crippen molar-refractivity contribution in [2.24, 2.45) is 11.8 Å². The Morgan fingerprint density at radius 2 is 1.71 bits per heavy atom. The zero-order valence-electron chi connectivity index (χ0n) is 20.2. The zero-order valence-corrected chi connectivity index (χ0v) is 20.2. The van der Waals surface area contributed by atoms with E-state index < -0.39 is 29.4 Å². The quantitative estimate of drug-likeness (QED) is 0.470. The summed E-state index contributed by atoms with van der Waals surface area (Å²) in [6.07, 6.45) is 1.05. The summed E-state index contributed by atoms with van der Waals surface area (Å²) in [7, 11) is 0. The van der Waals surface area contributed by atoms with Gasteiger partial charge in [0.05, 0.1) is 30.7 Å². The molecule has 2 aromatic rings. The molecule has 34 heavy (non-hydrogen) atoms. The first kappa shape index (κ1) is 24.0. The highest BCUT2D eigenvalue weighted by Crippen LogP contribution is 2.52. The number of carbonyl (C=O) groups excluding carboxylic acids is 3. The van der Waals surface area contributed by atoms with Gasteiger partial charge in [-0.25, -0.2) is 4.90 Å². The van der Waals surface area contributed by atoms with Crippen LogP contribution >= 0.6 is 0 Å².